The number of methoxy groups -OCH3 is 3. The molecular formula is C19H26F3IN4O3S. The summed E-state index contributed by atoms with van der Waals surface area (Å²) in [6, 6.07) is 3.57. The van der Waals surface area contributed by atoms with E-state index in [1.54, 1.807) is 40.5 Å². The number of aliphatic imine (C=N–C) groups is 1. The third-order valence-electron chi connectivity index (χ3n) is 4.18. The van der Waals surface area contributed by atoms with Gasteiger partial charge in [0.05, 0.1) is 26.3 Å². The SMILES string of the molecule is CN=C(NCCc1nc(C(F)(F)F)cs1)NCCc1c(OC)cc(OC)cc1OC.I. The molecule has 2 aromatic rings. The molecule has 0 radical (unpaired) electrons. The van der Waals surface area contributed by atoms with Gasteiger partial charge in [-0.2, -0.15) is 13.2 Å². The van der Waals surface area contributed by atoms with Crippen molar-refractivity contribution >= 4 is 41.3 Å². The number of hydrogen-bond donors (Lipinski definition) is 2. The Bertz CT molecular complexity index is 837. The Labute approximate surface area is 200 Å². The van der Waals surface area contributed by atoms with Crippen molar-refractivity contribution in [1.29, 1.82) is 0 Å². The van der Waals surface area contributed by atoms with Crippen LogP contribution in [0.15, 0.2) is 22.5 Å². The molecule has 0 spiro atoms. The second-order valence-electron chi connectivity index (χ2n) is 6.06. The van der Waals surface area contributed by atoms with Crippen molar-refractivity contribution in [1.82, 2.24) is 15.6 Å². The van der Waals surface area contributed by atoms with Crippen molar-refractivity contribution in [2.75, 3.05) is 41.5 Å². The van der Waals surface area contributed by atoms with E-state index in [0.717, 1.165) is 22.3 Å². The van der Waals surface area contributed by atoms with E-state index in [2.05, 4.69) is 20.6 Å². The van der Waals surface area contributed by atoms with Crippen LogP contribution in [0.4, 0.5) is 13.2 Å². The first-order valence-corrected chi connectivity index (χ1v) is 9.95. The minimum Gasteiger partial charge on any atom is -0.496 e. The largest absolute Gasteiger partial charge is 0.496 e. The molecule has 1 aromatic heterocycles. The monoisotopic (exact) mass is 574 g/mol. The summed E-state index contributed by atoms with van der Waals surface area (Å²) in [4.78, 5) is 7.74. The van der Waals surface area contributed by atoms with Crippen molar-refractivity contribution in [3.8, 4) is 17.2 Å². The molecule has 0 aliphatic heterocycles. The Hall–Kier alpha value is -1.96. The molecule has 0 fully saturated rings. The van der Waals surface area contributed by atoms with Crippen LogP contribution in [0.3, 0.4) is 0 Å². The molecule has 0 aliphatic carbocycles. The number of aromatic nitrogens is 1. The Morgan fingerprint density at radius 1 is 1.03 bits per heavy atom. The van der Waals surface area contributed by atoms with Crippen molar-refractivity contribution in [2.45, 2.75) is 19.0 Å². The smallest absolute Gasteiger partial charge is 0.434 e. The molecule has 0 amide bonds. The standard InChI is InChI=1S/C19H25F3N4O3S.HI/c1-23-18(25-8-6-17-26-16(11-30-17)19(20,21)22)24-7-5-13-14(28-3)9-12(27-2)10-15(13)29-4;/h9-11H,5-8H2,1-4H3,(H2,23,24,25);1H. The maximum absolute atomic E-state index is 12.6. The number of guanidine groups is 1. The van der Waals surface area contributed by atoms with E-state index in [4.69, 9.17) is 14.2 Å². The number of hydrogen-bond acceptors (Lipinski definition) is 6. The zero-order valence-corrected chi connectivity index (χ0v) is 20.8. The van der Waals surface area contributed by atoms with Crippen LogP contribution in [0.1, 0.15) is 16.3 Å². The summed E-state index contributed by atoms with van der Waals surface area (Å²) in [7, 11) is 6.35. The quantitative estimate of drug-likeness (QED) is 0.270. The number of benzene rings is 1. The van der Waals surface area contributed by atoms with E-state index >= 15 is 0 Å². The van der Waals surface area contributed by atoms with Crippen molar-refractivity contribution in [3.05, 3.63) is 33.8 Å². The zero-order valence-electron chi connectivity index (χ0n) is 17.6. The lowest BCUT2D eigenvalue weighted by Crippen LogP contribution is -2.39. The van der Waals surface area contributed by atoms with E-state index in [1.165, 1.54) is 0 Å². The maximum Gasteiger partial charge on any atom is 0.434 e. The van der Waals surface area contributed by atoms with Crippen LogP contribution in [0.5, 0.6) is 17.2 Å². The molecule has 0 atom stereocenters. The van der Waals surface area contributed by atoms with E-state index in [0.29, 0.717) is 54.1 Å². The van der Waals surface area contributed by atoms with Gasteiger partial charge in [0.2, 0.25) is 0 Å². The molecule has 0 bridgehead atoms. The Morgan fingerprint density at radius 2 is 1.61 bits per heavy atom. The zero-order chi connectivity index (χ0) is 22.1. The van der Waals surface area contributed by atoms with Gasteiger partial charge in [-0.1, -0.05) is 0 Å². The highest BCUT2D eigenvalue weighted by molar-refractivity contribution is 14.0. The maximum atomic E-state index is 12.6. The molecule has 31 heavy (non-hydrogen) atoms. The molecule has 174 valence electrons. The van der Waals surface area contributed by atoms with E-state index in [9.17, 15) is 13.2 Å². The Balaban J connectivity index is 0.00000480. The normalized spacial score (nSPS) is 11.5. The number of rotatable bonds is 9. The summed E-state index contributed by atoms with van der Waals surface area (Å²) in [6.45, 7) is 0.938. The van der Waals surface area contributed by atoms with Gasteiger partial charge in [-0.15, -0.1) is 35.3 Å². The minimum atomic E-state index is -4.41. The fourth-order valence-electron chi connectivity index (χ4n) is 2.69. The van der Waals surface area contributed by atoms with Crippen molar-refractivity contribution in [2.24, 2.45) is 4.99 Å². The van der Waals surface area contributed by atoms with Gasteiger partial charge in [-0.05, 0) is 6.42 Å². The average molecular weight is 574 g/mol. The van der Waals surface area contributed by atoms with E-state index in [1.807, 2.05) is 0 Å². The third-order valence-corrected chi connectivity index (χ3v) is 5.09. The number of ether oxygens (including phenoxy) is 3. The average Bonchev–Trinajstić information content (AvgIpc) is 3.21. The van der Waals surface area contributed by atoms with Gasteiger partial charge in [0, 0.05) is 49.6 Å². The fraction of sp³-hybridized carbons (Fsp3) is 0.474. The first-order valence-electron chi connectivity index (χ1n) is 9.07. The Kier molecular flexibility index (Phi) is 11.2. The number of alkyl halides is 3. The van der Waals surface area contributed by atoms with Crippen LogP contribution in [0, 0.1) is 0 Å². The van der Waals surface area contributed by atoms with Crippen molar-refractivity contribution in [3.63, 3.8) is 0 Å². The van der Waals surface area contributed by atoms with Gasteiger partial charge >= 0.3 is 6.18 Å². The van der Waals surface area contributed by atoms with E-state index < -0.39 is 11.9 Å². The minimum absolute atomic E-state index is 0. The second kappa shape index (κ2) is 12.8. The van der Waals surface area contributed by atoms with Crippen molar-refractivity contribution < 1.29 is 27.4 Å². The summed E-state index contributed by atoms with van der Waals surface area (Å²) in [5.74, 6) is 2.48. The van der Waals surface area contributed by atoms with Gasteiger partial charge in [-0.25, -0.2) is 4.98 Å². The number of nitrogens with one attached hydrogen (secondary N) is 2. The first-order chi connectivity index (χ1) is 14.3. The van der Waals surface area contributed by atoms with Crippen LogP contribution in [-0.4, -0.2) is 52.4 Å². The lowest BCUT2D eigenvalue weighted by Gasteiger charge is -2.16. The number of nitrogens with zero attached hydrogens (tertiary/aromatic N) is 2. The molecule has 2 rings (SSSR count). The van der Waals surface area contributed by atoms with Gasteiger partial charge in [0.25, 0.3) is 0 Å². The molecule has 12 heteroatoms. The summed E-state index contributed by atoms with van der Waals surface area (Å²) < 4.78 is 53.9. The van der Waals surface area contributed by atoms with Gasteiger partial charge in [-0.3, -0.25) is 4.99 Å². The summed E-state index contributed by atoms with van der Waals surface area (Å²) in [5, 5.41) is 7.67. The lowest BCUT2D eigenvalue weighted by molar-refractivity contribution is -0.140. The molecule has 0 unspecified atom stereocenters. The Morgan fingerprint density at radius 3 is 2.06 bits per heavy atom. The topological polar surface area (TPSA) is 77.0 Å². The molecule has 0 aliphatic rings. The highest BCUT2D eigenvalue weighted by atomic mass is 127. The van der Waals surface area contributed by atoms with Gasteiger partial charge in [0.1, 0.15) is 17.2 Å². The third kappa shape index (κ3) is 7.91. The van der Waals surface area contributed by atoms with E-state index in [-0.39, 0.29) is 24.0 Å². The second-order valence-corrected chi connectivity index (χ2v) is 7.00. The summed E-state index contributed by atoms with van der Waals surface area (Å²) in [6.07, 6.45) is -3.45. The number of thiazole rings is 1. The van der Waals surface area contributed by atoms with Crippen LogP contribution in [0.2, 0.25) is 0 Å². The van der Waals surface area contributed by atoms with Crippen LogP contribution in [0.25, 0.3) is 0 Å². The summed E-state index contributed by atoms with van der Waals surface area (Å²) >= 11 is 0.993. The summed E-state index contributed by atoms with van der Waals surface area (Å²) in [5.41, 5.74) is 0.0265. The highest BCUT2D eigenvalue weighted by Crippen LogP contribution is 2.34. The molecule has 0 saturated heterocycles. The fourth-order valence-corrected chi connectivity index (χ4v) is 3.50. The molecule has 1 heterocycles. The van der Waals surface area contributed by atoms with Gasteiger partial charge in [0.15, 0.2) is 11.7 Å². The van der Waals surface area contributed by atoms with Gasteiger partial charge < -0.3 is 24.8 Å². The first kappa shape index (κ1) is 27.1. The predicted octanol–water partition coefficient (Wildman–Crippen LogP) is 3.76. The molecule has 2 N–H and O–H groups in total. The molecule has 7 nitrogen and oxygen atoms in total. The van der Waals surface area contributed by atoms with Crippen LogP contribution >= 0.6 is 35.3 Å². The number of halogens is 4. The van der Waals surface area contributed by atoms with Crippen LogP contribution in [-0.2, 0) is 19.0 Å². The molecule has 0 saturated carbocycles. The lowest BCUT2D eigenvalue weighted by atomic mass is 10.1. The molecule has 1 aromatic carbocycles. The molecular weight excluding hydrogens is 548 g/mol. The van der Waals surface area contributed by atoms with Crippen LogP contribution < -0.4 is 24.8 Å². The highest BCUT2D eigenvalue weighted by Gasteiger charge is 2.33. The predicted molar refractivity (Wildman–Crippen MR) is 125 cm³/mol.